The van der Waals surface area contributed by atoms with Gasteiger partial charge in [-0.3, -0.25) is 0 Å². The lowest BCUT2D eigenvalue weighted by Crippen LogP contribution is -1.96. The molecule has 0 aliphatic heterocycles. The van der Waals surface area contributed by atoms with Crippen LogP contribution in [0, 0.1) is 20.8 Å². The first kappa shape index (κ1) is 15.8. The van der Waals surface area contributed by atoms with Crippen LogP contribution in [0.3, 0.4) is 0 Å². The zero-order valence-electron chi connectivity index (χ0n) is 13.3. The molecule has 0 spiro atoms. The molecule has 3 heteroatoms. The van der Waals surface area contributed by atoms with Crippen LogP contribution in [-0.4, -0.2) is 18.2 Å². The standard InChI is InChI=1S/C19H20O3/c1-12-11-18(22-4)14(3)13(2)17(12)10-7-15-5-8-16(9-6-15)19(20)21/h5-11H,1-4H3,(H,20,21). The van der Waals surface area contributed by atoms with E-state index in [-0.39, 0.29) is 0 Å². The van der Waals surface area contributed by atoms with Crippen molar-refractivity contribution >= 4 is 18.1 Å². The second-order valence-corrected chi connectivity index (χ2v) is 5.32. The quantitative estimate of drug-likeness (QED) is 0.846. The maximum absolute atomic E-state index is 10.8. The van der Waals surface area contributed by atoms with Gasteiger partial charge in [-0.2, -0.15) is 0 Å². The predicted octanol–water partition coefficient (Wildman–Crippen LogP) is 4.49. The SMILES string of the molecule is COc1cc(C)c(C=Cc2ccc(C(=O)O)cc2)c(C)c1C. The first-order chi connectivity index (χ1) is 10.4. The zero-order valence-corrected chi connectivity index (χ0v) is 13.3. The first-order valence-electron chi connectivity index (χ1n) is 7.10. The molecule has 0 unspecified atom stereocenters. The van der Waals surface area contributed by atoms with Gasteiger partial charge in [0.05, 0.1) is 12.7 Å². The van der Waals surface area contributed by atoms with Gasteiger partial charge in [-0.05, 0) is 66.8 Å². The van der Waals surface area contributed by atoms with Crippen molar-refractivity contribution in [2.45, 2.75) is 20.8 Å². The number of benzene rings is 2. The average molecular weight is 296 g/mol. The molecule has 0 atom stereocenters. The van der Waals surface area contributed by atoms with Crippen LogP contribution >= 0.6 is 0 Å². The van der Waals surface area contributed by atoms with Crippen molar-refractivity contribution < 1.29 is 14.6 Å². The third-order valence-corrected chi connectivity index (χ3v) is 3.93. The van der Waals surface area contributed by atoms with Gasteiger partial charge in [0, 0.05) is 0 Å². The highest BCUT2D eigenvalue weighted by Crippen LogP contribution is 2.28. The summed E-state index contributed by atoms with van der Waals surface area (Å²) in [4.78, 5) is 10.8. The molecule has 2 aromatic rings. The molecule has 2 aromatic carbocycles. The molecule has 22 heavy (non-hydrogen) atoms. The van der Waals surface area contributed by atoms with E-state index < -0.39 is 5.97 Å². The van der Waals surface area contributed by atoms with E-state index in [4.69, 9.17) is 9.84 Å². The van der Waals surface area contributed by atoms with Gasteiger partial charge in [-0.1, -0.05) is 24.3 Å². The largest absolute Gasteiger partial charge is 0.496 e. The van der Waals surface area contributed by atoms with Crippen molar-refractivity contribution in [3.63, 3.8) is 0 Å². The summed E-state index contributed by atoms with van der Waals surface area (Å²) < 4.78 is 5.38. The van der Waals surface area contributed by atoms with Gasteiger partial charge < -0.3 is 9.84 Å². The Hall–Kier alpha value is -2.55. The smallest absolute Gasteiger partial charge is 0.335 e. The summed E-state index contributed by atoms with van der Waals surface area (Å²) in [5.41, 5.74) is 5.91. The van der Waals surface area contributed by atoms with Gasteiger partial charge in [0.15, 0.2) is 0 Å². The third kappa shape index (κ3) is 3.19. The van der Waals surface area contributed by atoms with Crippen LogP contribution in [0.4, 0.5) is 0 Å². The summed E-state index contributed by atoms with van der Waals surface area (Å²) in [6.07, 6.45) is 4.06. The number of carboxylic acid groups (broad SMARTS) is 1. The molecule has 1 N–H and O–H groups in total. The Kier molecular flexibility index (Phi) is 4.66. The lowest BCUT2D eigenvalue weighted by atomic mass is 9.96. The Balaban J connectivity index is 2.34. The molecule has 0 saturated heterocycles. The summed E-state index contributed by atoms with van der Waals surface area (Å²) in [6, 6.07) is 8.87. The minimum atomic E-state index is -0.909. The number of rotatable bonds is 4. The Bertz CT molecular complexity index is 725. The fraction of sp³-hybridized carbons (Fsp3) is 0.211. The Morgan fingerprint density at radius 3 is 2.23 bits per heavy atom. The van der Waals surface area contributed by atoms with E-state index in [9.17, 15) is 4.79 Å². The number of hydrogen-bond donors (Lipinski definition) is 1. The minimum Gasteiger partial charge on any atom is -0.496 e. The van der Waals surface area contributed by atoms with E-state index in [1.54, 1.807) is 31.4 Å². The molecule has 0 fully saturated rings. The zero-order chi connectivity index (χ0) is 16.3. The first-order valence-corrected chi connectivity index (χ1v) is 7.10. The number of methoxy groups -OCH3 is 1. The monoisotopic (exact) mass is 296 g/mol. The highest BCUT2D eigenvalue weighted by molar-refractivity contribution is 5.88. The van der Waals surface area contributed by atoms with Crippen LogP contribution in [0.25, 0.3) is 12.2 Å². The molecule has 2 rings (SSSR count). The molecular formula is C19H20O3. The summed E-state index contributed by atoms with van der Waals surface area (Å²) in [5.74, 6) is -0.00837. The van der Waals surface area contributed by atoms with Gasteiger partial charge in [0.1, 0.15) is 5.75 Å². The van der Waals surface area contributed by atoms with Crippen LogP contribution in [-0.2, 0) is 0 Å². The minimum absolute atomic E-state index is 0.296. The topological polar surface area (TPSA) is 46.5 Å². The molecule has 0 radical (unpaired) electrons. The molecule has 0 bridgehead atoms. The number of aromatic carboxylic acids is 1. The van der Waals surface area contributed by atoms with E-state index in [1.807, 2.05) is 19.1 Å². The van der Waals surface area contributed by atoms with Gasteiger partial charge in [0.2, 0.25) is 0 Å². The molecule has 0 aliphatic carbocycles. The maximum atomic E-state index is 10.8. The fourth-order valence-electron chi connectivity index (χ4n) is 2.45. The second-order valence-electron chi connectivity index (χ2n) is 5.32. The van der Waals surface area contributed by atoms with Crippen molar-refractivity contribution in [1.82, 2.24) is 0 Å². The van der Waals surface area contributed by atoms with Gasteiger partial charge in [0.25, 0.3) is 0 Å². The van der Waals surface area contributed by atoms with E-state index in [2.05, 4.69) is 19.9 Å². The molecular weight excluding hydrogens is 276 g/mol. The van der Waals surface area contributed by atoms with Crippen molar-refractivity contribution in [2.24, 2.45) is 0 Å². The van der Waals surface area contributed by atoms with E-state index in [0.29, 0.717) is 5.56 Å². The molecule has 114 valence electrons. The van der Waals surface area contributed by atoms with Crippen LogP contribution in [0.5, 0.6) is 5.75 Å². The summed E-state index contributed by atoms with van der Waals surface area (Å²) in [7, 11) is 1.68. The number of hydrogen-bond acceptors (Lipinski definition) is 2. The van der Waals surface area contributed by atoms with E-state index in [1.165, 1.54) is 11.1 Å². The van der Waals surface area contributed by atoms with E-state index in [0.717, 1.165) is 22.4 Å². The molecule has 0 saturated carbocycles. The second kappa shape index (κ2) is 6.48. The molecule has 0 heterocycles. The summed E-state index contributed by atoms with van der Waals surface area (Å²) in [5, 5.41) is 8.91. The Morgan fingerprint density at radius 2 is 1.68 bits per heavy atom. The summed E-state index contributed by atoms with van der Waals surface area (Å²) in [6.45, 7) is 6.19. The van der Waals surface area contributed by atoms with Gasteiger partial charge in [-0.15, -0.1) is 0 Å². The highest BCUT2D eigenvalue weighted by Gasteiger charge is 2.08. The van der Waals surface area contributed by atoms with Crippen LogP contribution in [0.1, 0.15) is 38.2 Å². The Labute approximate surface area is 130 Å². The fourth-order valence-corrected chi connectivity index (χ4v) is 2.45. The number of carboxylic acids is 1. The molecule has 3 nitrogen and oxygen atoms in total. The van der Waals surface area contributed by atoms with Gasteiger partial charge >= 0.3 is 5.97 Å². The number of carbonyl (C=O) groups is 1. The lowest BCUT2D eigenvalue weighted by Gasteiger charge is -2.13. The highest BCUT2D eigenvalue weighted by atomic mass is 16.5. The van der Waals surface area contributed by atoms with Crippen LogP contribution in [0.2, 0.25) is 0 Å². The predicted molar refractivity (Wildman–Crippen MR) is 89.5 cm³/mol. The van der Waals surface area contributed by atoms with Crippen molar-refractivity contribution in [1.29, 1.82) is 0 Å². The average Bonchev–Trinajstić information content (AvgIpc) is 2.51. The van der Waals surface area contributed by atoms with Crippen molar-refractivity contribution in [3.8, 4) is 5.75 Å². The van der Waals surface area contributed by atoms with Crippen molar-refractivity contribution in [3.05, 3.63) is 63.7 Å². The molecule has 0 aromatic heterocycles. The van der Waals surface area contributed by atoms with Crippen molar-refractivity contribution in [2.75, 3.05) is 7.11 Å². The Morgan fingerprint density at radius 1 is 1.05 bits per heavy atom. The third-order valence-electron chi connectivity index (χ3n) is 3.93. The van der Waals surface area contributed by atoms with Crippen LogP contribution < -0.4 is 4.74 Å². The summed E-state index contributed by atoms with van der Waals surface area (Å²) >= 11 is 0. The maximum Gasteiger partial charge on any atom is 0.335 e. The van der Waals surface area contributed by atoms with Crippen LogP contribution in [0.15, 0.2) is 30.3 Å². The van der Waals surface area contributed by atoms with Gasteiger partial charge in [-0.25, -0.2) is 4.79 Å². The number of aryl methyl sites for hydroxylation is 1. The van der Waals surface area contributed by atoms with E-state index >= 15 is 0 Å². The lowest BCUT2D eigenvalue weighted by molar-refractivity contribution is 0.0697. The number of ether oxygens (including phenoxy) is 1. The molecule has 0 aliphatic rings. The normalized spacial score (nSPS) is 10.9. The molecule has 0 amide bonds.